The van der Waals surface area contributed by atoms with E-state index in [0.29, 0.717) is 5.56 Å². The first-order valence-electron chi connectivity index (χ1n) is 9.37. The van der Waals surface area contributed by atoms with Gasteiger partial charge in [-0.25, -0.2) is 0 Å². The summed E-state index contributed by atoms with van der Waals surface area (Å²) in [6.07, 6.45) is 2.37. The fourth-order valence-corrected chi connectivity index (χ4v) is 3.60. The minimum Gasteiger partial charge on any atom is -0.347 e. The number of nitro benzene ring substituents is 1. The topological polar surface area (TPSA) is 75.5 Å². The van der Waals surface area contributed by atoms with Gasteiger partial charge in [-0.2, -0.15) is 0 Å². The monoisotopic (exact) mass is 367 g/mol. The standard InChI is InChI=1S/C21H25N3O3/c1-16(18-11-5-6-12-20(18)24(26)27)21(25)22-19(15-23-13-7-8-14-23)17-9-3-2-4-10-17/h2-6,9-12,16,19H,7-8,13-15H2,1H3,(H,22,25)/t16?,19-/m1/s1. The van der Waals surface area contributed by atoms with Crippen LogP contribution in [0.2, 0.25) is 0 Å². The lowest BCUT2D eigenvalue weighted by Crippen LogP contribution is -2.38. The van der Waals surface area contributed by atoms with Gasteiger partial charge in [0.15, 0.2) is 0 Å². The molecule has 0 bridgehead atoms. The highest BCUT2D eigenvalue weighted by Gasteiger charge is 2.27. The zero-order valence-electron chi connectivity index (χ0n) is 15.5. The molecule has 1 amide bonds. The van der Waals surface area contributed by atoms with Gasteiger partial charge in [-0.05, 0) is 38.4 Å². The molecular formula is C21H25N3O3. The minimum atomic E-state index is -0.601. The fraction of sp³-hybridized carbons (Fsp3) is 0.381. The van der Waals surface area contributed by atoms with Gasteiger partial charge < -0.3 is 10.2 Å². The Morgan fingerprint density at radius 1 is 1.11 bits per heavy atom. The molecule has 0 saturated carbocycles. The third-order valence-electron chi connectivity index (χ3n) is 5.15. The molecule has 1 unspecified atom stereocenters. The molecule has 0 aliphatic carbocycles. The molecule has 6 heteroatoms. The Bertz CT molecular complexity index is 788. The van der Waals surface area contributed by atoms with Crippen LogP contribution in [0.5, 0.6) is 0 Å². The summed E-state index contributed by atoms with van der Waals surface area (Å²) >= 11 is 0. The first-order chi connectivity index (χ1) is 13.1. The van der Waals surface area contributed by atoms with Crippen LogP contribution in [0.1, 0.15) is 42.9 Å². The molecule has 2 atom stereocenters. The van der Waals surface area contributed by atoms with Gasteiger partial charge in [0.05, 0.1) is 16.9 Å². The first kappa shape index (κ1) is 19.0. The molecular weight excluding hydrogens is 342 g/mol. The number of benzene rings is 2. The molecule has 27 heavy (non-hydrogen) atoms. The number of amides is 1. The van der Waals surface area contributed by atoms with Gasteiger partial charge in [0.25, 0.3) is 5.69 Å². The first-order valence-corrected chi connectivity index (χ1v) is 9.37. The predicted molar refractivity (Wildman–Crippen MR) is 105 cm³/mol. The van der Waals surface area contributed by atoms with Crippen LogP contribution in [0.15, 0.2) is 54.6 Å². The van der Waals surface area contributed by atoms with E-state index in [-0.39, 0.29) is 17.6 Å². The van der Waals surface area contributed by atoms with Gasteiger partial charge in [0.2, 0.25) is 5.91 Å². The van der Waals surface area contributed by atoms with E-state index in [9.17, 15) is 14.9 Å². The molecule has 6 nitrogen and oxygen atoms in total. The van der Waals surface area contributed by atoms with Crippen LogP contribution in [0.3, 0.4) is 0 Å². The highest BCUT2D eigenvalue weighted by Crippen LogP contribution is 2.27. The van der Waals surface area contributed by atoms with E-state index in [1.54, 1.807) is 25.1 Å². The summed E-state index contributed by atoms with van der Waals surface area (Å²) in [7, 11) is 0. The molecule has 1 fully saturated rings. The van der Waals surface area contributed by atoms with Crippen molar-refractivity contribution in [1.29, 1.82) is 0 Å². The summed E-state index contributed by atoms with van der Waals surface area (Å²) in [4.78, 5) is 26.1. The number of likely N-dealkylation sites (tertiary alicyclic amines) is 1. The van der Waals surface area contributed by atoms with Crippen LogP contribution < -0.4 is 5.32 Å². The largest absolute Gasteiger partial charge is 0.347 e. The Kier molecular flexibility index (Phi) is 6.19. The van der Waals surface area contributed by atoms with Crippen molar-refractivity contribution >= 4 is 11.6 Å². The quantitative estimate of drug-likeness (QED) is 0.599. The fourth-order valence-electron chi connectivity index (χ4n) is 3.60. The molecule has 1 aliphatic heterocycles. The van der Waals surface area contributed by atoms with Crippen LogP contribution in [0.4, 0.5) is 5.69 Å². The van der Waals surface area contributed by atoms with E-state index >= 15 is 0 Å². The summed E-state index contributed by atoms with van der Waals surface area (Å²) in [6, 6.07) is 16.2. The molecule has 0 radical (unpaired) electrons. The van der Waals surface area contributed by atoms with E-state index < -0.39 is 10.8 Å². The van der Waals surface area contributed by atoms with E-state index in [0.717, 1.165) is 25.2 Å². The van der Waals surface area contributed by atoms with E-state index in [2.05, 4.69) is 10.2 Å². The minimum absolute atomic E-state index is 0.0176. The van der Waals surface area contributed by atoms with Crippen LogP contribution in [-0.2, 0) is 4.79 Å². The molecule has 1 aliphatic rings. The molecule has 0 spiro atoms. The van der Waals surface area contributed by atoms with Gasteiger partial charge in [-0.1, -0.05) is 48.5 Å². The maximum atomic E-state index is 12.9. The Hall–Kier alpha value is -2.73. The Balaban J connectivity index is 1.78. The van der Waals surface area contributed by atoms with Gasteiger partial charge in [-0.3, -0.25) is 14.9 Å². The summed E-state index contributed by atoms with van der Waals surface area (Å²) < 4.78 is 0. The number of hydrogen-bond donors (Lipinski definition) is 1. The zero-order valence-corrected chi connectivity index (χ0v) is 15.5. The molecule has 3 rings (SSSR count). The third-order valence-corrected chi connectivity index (χ3v) is 5.15. The van der Waals surface area contributed by atoms with Crippen molar-refractivity contribution in [2.75, 3.05) is 19.6 Å². The molecule has 2 aromatic carbocycles. The molecule has 1 heterocycles. The van der Waals surface area contributed by atoms with Gasteiger partial charge in [0.1, 0.15) is 0 Å². The van der Waals surface area contributed by atoms with Crippen molar-refractivity contribution in [3.05, 3.63) is 75.8 Å². The number of nitro groups is 1. The lowest BCUT2D eigenvalue weighted by molar-refractivity contribution is -0.385. The Morgan fingerprint density at radius 3 is 2.41 bits per heavy atom. The number of carbonyl (C=O) groups is 1. The number of nitrogens with zero attached hydrogens (tertiary/aromatic N) is 2. The van der Waals surface area contributed by atoms with Gasteiger partial charge in [-0.15, -0.1) is 0 Å². The zero-order chi connectivity index (χ0) is 19.2. The van der Waals surface area contributed by atoms with Crippen molar-refractivity contribution in [2.45, 2.75) is 31.7 Å². The number of hydrogen-bond acceptors (Lipinski definition) is 4. The number of nitrogens with one attached hydrogen (secondary N) is 1. The van der Waals surface area contributed by atoms with Crippen molar-refractivity contribution in [3.63, 3.8) is 0 Å². The highest BCUT2D eigenvalue weighted by atomic mass is 16.6. The van der Waals surface area contributed by atoms with Crippen molar-refractivity contribution in [2.24, 2.45) is 0 Å². The summed E-state index contributed by atoms with van der Waals surface area (Å²) in [5.41, 5.74) is 1.47. The van der Waals surface area contributed by atoms with E-state index in [1.807, 2.05) is 30.3 Å². The van der Waals surface area contributed by atoms with Crippen LogP contribution in [0, 0.1) is 10.1 Å². The summed E-state index contributed by atoms with van der Waals surface area (Å²) in [6.45, 7) is 4.55. The second-order valence-corrected chi connectivity index (χ2v) is 7.02. The molecule has 142 valence electrons. The molecule has 1 N–H and O–H groups in total. The summed E-state index contributed by atoms with van der Waals surface area (Å²) in [5.74, 6) is -0.797. The molecule has 0 aromatic heterocycles. The predicted octanol–water partition coefficient (Wildman–Crippen LogP) is 3.65. The second-order valence-electron chi connectivity index (χ2n) is 7.02. The molecule has 1 saturated heterocycles. The molecule has 2 aromatic rings. The Labute approximate surface area is 159 Å². The lowest BCUT2D eigenvalue weighted by Gasteiger charge is -2.26. The van der Waals surface area contributed by atoms with Crippen molar-refractivity contribution in [3.8, 4) is 0 Å². The maximum Gasteiger partial charge on any atom is 0.273 e. The van der Waals surface area contributed by atoms with Crippen LogP contribution in [0.25, 0.3) is 0 Å². The lowest BCUT2D eigenvalue weighted by atomic mass is 9.97. The van der Waals surface area contributed by atoms with Crippen LogP contribution >= 0.6 is 0 Å². The normalized spacial score (nSPS) is 16.6. The van der Waals surface area contributed by atoms with Crippen LogP contribution in [-0.4, -0.2) is 35.4 Å². The third kappa shape index (κ3) is 4.71. The average molecular weight is 367 g/mol. The SMILES string of the molecule is CC(C(=O)N[C@H](CN1CCCC1)c1ccccc1)c1ccccc1[N+](=O)[O-]. The smallest absolute Gasteiger partial charge is 0.273 e. The number of rotatable bonds is 7. The number of para-hydroxylation sites is 1. The highest BCUT2D eigenvalue weighted by molar-refractivity contribution is 5.84. The van der Waals surface area contributed by atoms with Gasteiger partial charge >= 0.3 is 0 Å². The summed E-state index contributed by atoms with van der Waals surface area (Å²) in [5, 5.41) is 14.4. The maximum absolute atomic E-state index is 12.9. The van der Waals surface area contributed by atoms with Gasteiger partial charge in [0, 0.05) is 18.2 Å². The van der Waals surface area contributed by atoms with Crippen molar-refractivity contribution in [1.82, 2.24) is 10.2 Å². The van der Waals surface area contributed by atoms with E-state index in [4.69, 9.17) is 0 Å². The second kappa shape index (κ2) is 8.77. The Morgan fingerprint density at radius 2 is 1.74 bits per heavy atom. The van der Waals surface area contributed by atoms with E-state index in [1.165, 1.54) is 18.9 Å². The number of carbonyl (C=O) groups excluding carboxylic acids is 1. The average Bonchev–Trinajstić information content (AvgIpc) is 3.20. The van der Waals surface area contributed by atoms with Crippen molar-refractivity contribution < 1.29 is 9.72 Å².